The van der Waals surface area contributed by atoms with Crippen LogP contribution in [0.5, 0.6) is 11.5 Å². The van der Waals surface area contributed by atoms with E-state index in [4.69, 9.17) is 4.74 Å². The van der Waals surface area contributed by atoms with Crippen LogP contribution in [0.4, 0.5) is 17.1 Å². The first-order chi connectivity index (χ1) is 26.3. The van der Waals surface area contributed by atoms with Crippen molar-refractivity contribution in [1.29, 1.82) is 0 Å². The van der Waals surface area contributed by atoms with E-state index in [0.717, 1.165) is 28.6 Å². The van der Waals surface area contributed by atoms with E-state index in [2.05, 4.69) is 193 Å². The molecule has 0 saturated heterocycles. The van der Waals surface area contributed by atoms with Gasteiger partial charge in [-0.05, 0) is 98.6 Å². The third kappa shape index (κ3) is 4.65. The Bertz CT molecular complexity index is 2760. The normalized spacial score (nSPS) is 13.5. The molecule has 0 amide bonds. The third-order valence-corrected chi connectivity index (χ3v) is 18.4. The van der Waals surface area contributed by atoms with E-state index >= 15 is 0 Å². The van der Waals surface area contributed by atoms with Crippen molar-refractivity contribution in [3.63, 3.8) is 0 Å². The Labute approximate surface area is 317 Å². The minimum Gasteiger partial charge on any atom is -0.458 e. The lowest BCUT2D eigenvalue weighted by Crippen LogP contribution is -2.77. The summed E-state index contributed by atoms with van der Waals surface area (Å²) in [5, 5.41) is 8.06. The predicted octanol–water partition coefficient (Wildman–Crippen LogP) is 11.1. The van der Waals surface area contributed by atoms with Crippen molar-refractivity contribution in [3.8, 4) is 22.6 Å². The van der Waals surface area contributed by atoms with Gasteiger partial charge in [0.15, 0.2) is 8.07 Å². The molecule has 0 fully saturated rings. The standard InChI is InChI=1S/C48H31NOS2Si/c1-2-13-33(14-3-1)49(34-27-25-32(26-28-34)36-16-12-17-38-37-15-4-6-19-41(37)52-48(36)38)35-29-30-40-47(31-35)53(44-22-9-5-18-39(44)50-40)45-23-10-7-20-42(45)51-43-21-8-11-24-46(43)53/h1-31H. The third-order valence-electron chi connectivity index (χ3n) is 10.8. The van der Waals surface area contributed by atoms with Crippen LogP contribution >= 0.6 is 23.1 Å². The molecule has 0 saturated carbocycles. The van der Waals surface area contributed by atoms with Crippen LogP contribution in [0.25, 0.3) is 31.3 Å². The topological polar surface area (TPSA) is 12.5 Å². The van der Waals surface area contributed by atoms with Crippen LogP contribution < -0.4 is 30.4 Å². The summed E-state index contributed by atoms with van der Waals surface area (Å²) in [5.74, 6) is 1.90. The summed E-state index contributed by atoms with van der Waals surface area (Å²) < 4.78 is 9.47. The smallest absolute Gasteiger partial charge is 0.190 e. The Kier molecular flexibility index (Phi) is 7.02. The van der Waals surface area contributed by atoms with Crippen LogP contribution in [-0.2, 0) is 0 Å². The Morgan fingerprint density at radius 1 is 0.434 bits per heavy atom. The van der Waals surface area contributed by atoms with E-state index in [1.165, 1.54) is 61.8 Å². The van der Waals surface area contributed by atoms with Crippen LogP contribution in [0.1, 0.15) is 0 Å². The Morgan fingerprint density at radius 2 is 1.04 bits per heavy atom. The highest BCUT2D eigenvalue weighted by Crippen LogP contribution is 2.43. The molecule has 5 heteroatoms. The van der Waals surface area contributed by atoms with Crippen molar-refractivity contribution in [2.45, 2.75) is 9.79 Å². The van der Waals surface area contributed by atoms with Gasteiger partial charge in [-0.3, -0.25) is 0 Å². The van der Waals surface area contributed by atoms with E-state index in [0.29, 0.717) is 0 Å². The number of benzene rings is 8. The summed E-state index contributed by atoms with van der Waals surface area (Å²) in [4.78, 5) is 5.05. The van der Waals surface area contributed by atoms with Gasteiger partial charge in [0.2, 0.25) is 0 Å². The lowest BCUT2D eigenvalue weighted by molar-refractivity contribution is 0.487. The molecule has 0 N–H and O–H groups in total. The first-order valence-corrected chi connectivity index (χ1v) is 21.6. The molecule has 11 rings (SSSR count). The first kappa shape index (κ1) is 30.7. The van der Waals surface area contributed by atoms with Gasteiger partial charge in [0, 0.05) is 47.0 Å². The average molecular weight is 730 g/mol. The monoisotopic (exact) mass is 729 g/mol. The fourth-order valence-electron chi connectivity index (χ4n) is 8.53. The highest BCUT2D eigenvalue weighted by Gasteiger charge is 2.52. The van der Waals surface area contributed by atoms with Crippen molar-refractivity contribution in [3.05, 3.63) is 188 Å². The molecule has 2 nitrogen and oxygen atoms in total. The van der Waals surface area contributed by atoms with Gasteiger partial charge in [-0.2, -0.15) is 0 Å². The van der Waals surface area contributed by atoms with Gasteiger partial charge < -0.3 is 9.64 Å². The van der Waals surface area contributed by atoms with Gasteiger partial charge in [0.05, 0.1) is 0 Å². The minimum atomic E-state index is -2.80. The van der Waals surface area contributed by atoms with Gasteiger partial charge in [0.1, 0.15) is 11.5 Å². The molecule has 0 bridgehead atoms. The largest absolute Gasteiger partial charge is 0.458 e. The van der Waals surface area contributed by atoms with E-state index in [9.17, 15) is 0 Å². The molecule has 8 aromatic carbocycles. The summed E-state index contributed by atoms with van der Waals surface area (Å²) in [7, 11) is -2.80. The molecule has 0 aliphatic carbocycles. The minimum absolute atomic E-state index is 0.940. The zero-order chi connectivity index (χ0) is 34.9. The number of ether oxygens (including phenoxy) is 1. The molecule has 1 spiro atoms. The molecule has 2 aliphatic rings. The van der Waals surface area contributed by atoms with Gasteiger partial charge in [-0.15, -0.1) is 11.3 Å². The number of para-hydroxylation sites is 2. The number of nitrogens with zero attached hydrogens (tertiary/aromatic N) is 1. The summed E-state index contributed by atoms with van der Waals surface area (Å²) in [5.41, 5.74) is 5.81. The summed E-state index contributed by atoms with van der Waals surface area (Å²) in [6, 6.07) is 68.9. The highest BCUT2D eigenvalue weighted by molar-refractivity contribution is 8.00. The fourth-order valence-corrected chi connectivity index (χ4v) is 16.9. The number of rotatable bonds is 4. The molecule has 0 atom stereocenters. The van der Waals surface area contributed by atoms with Gasteiger partial charge in [0.25, 0.3) is 0 Å². The Hall–Kier alpha value is -5.85. The zero-order valence-electron chi connectivity index (χ0n) is 28.6. The van der Waals surface area contributed by atoms with Crippen molar-refractivity contribution in [1.82, 2.24) is 0 Å². The molecule has 3 heterocycles. The number of hydrogen-bond donors (Lipinski definition) is 0. The molecule has 1 aromatic heterocycles. The Balaban J connectivity index is 1.11. The maximum Gasteiger partial charge on any atom is 0.190 e. The number of hydrogen-bond acceptors (Lipinski definition) is 4. The lowest BCUT2D eigenvalue weighted by Gasteiger charge is -2.43. The molecular formula is C48H31NOS2Si. The average Bonchev–Trinajstić information content (AvgIpc) is 3.61. The van der Waals surface area contributed by atoms with E-state index in [1.807, 2.05) is 23.1 Å². The summed E-state index contributed by atoms with van der Waals surface area (Å²) in [6.07, 6.45) is 0. The maximum atomic E-state index is 6.81. The van der Waals surface area contributed by atoms with Gasteiger partial charge in [-0.1, -0.05) is 133 Å². The van der Waals surface area contributed by atoms with Crippen LogP contribution in [0.15, 0.2) is 198 Å². The summed E-state index contributed by atoms with van der Waals surface area (Å²) in [6.45, 7) is 0. The maximum absolute atomic E-state index is 6.81. The number of thiophene rings is 1. The van der Waals surface area contributed by atoms with Crippen molar-refractivity contribution >= 4 is 89.2 Å². The van der Waals surface area contributed by atoms with Crippen LogP contribution in [0.3, 0.4) is 0 Å². The SMILES string of the molecule is c1ccc(N(c2ccc(-c3cccc4c3sc3ccccc34)cc2)c2ccc3c(c2)[Si]2(c4ccccc4O3)c3ccccc3Sc3ccccc32)cc1. The molecule has 53 heavy (non-hydrogen) atoms. The van der Waals surface area contributed by atoms with E-state index in [1.54, 1.807) is 0 Å². The molecule has 0 unspecified atom stereocenters. The van der Waals surface area contributed by atoms with Crippen molar-refractivity contribution < 1.29 is 4.74 Å². The summed E-state index contributed by atoms with van der Waals surface area (Å²) >= 11 is 3.77. The fraction of sp³-hybridized carbons (Fsp3) is 0. The quantitative estimate of drug-likeness (QED) is 0.167. The second kappa shape index (κ2) is 12.1. The second-order valence-electron chi connectivity index (χ2n) is 13.6. The van der Waals surface area contributed by atoms with Crippen molar-refractivity contribution in [2.75, 3.05) is 4.90 Å². The van der Waals surface area contributed by atoms with Crippen LogP contribution in [-0.4, -0.2) is 8.07 Å². The number of fused-ring (bicyclic) bond motifs is 11. The van der Waals surface area contributed by atoms with E-state index in [-0.39, 0.29) is 0 Å². The predicted molar refractivity (Wildman–Crippen MR) is 227 cm³/mol. The zero-order valence-corrected chi connectivity index (χ0v) is 31.2. The van der Waals surface area contributed by atoms with Crippen LogP contribution in [0, 0.1) is 0 Å². The molecule has 2 aliphatic heterocycles. The lowest BCUT2D eigenvalue weighted by atomic mass is 10.0. The molecular weight excluding hydrogens is 699 g/mol. The van der Waals surface area contributed by atoms with E-state index < -0.39 is 8.07 Å². The van der Waals surface area contributed by atoms with Gasteiger partial charge >= 0.3 is 0 Å². The second-order valence-corrected chi connectivity index (χ2v) is 19.4. The molecule has 0 radical (unpaired) electrons. The van der Waals surface area contributed by atoms with Crippen LogP contribution in [0.2, 0.25) is 0 Å². The molecule has 9 aromatic rings. The Morgan fingerprint density at radius 3 is 1.83 bits per heavy atom. The first-order valence-electron chi connectivity index (χ1n) is 17.9. The van der Waals surface area contributed by atoms with Gasteiger partial charge in [-0.25, -0.2) is 0 Å². The van der Waals surface area contributed by atoms with Crippen molar-refractivity contribution in [2.24, 2.45) is 0 Å². The molecule has 250 valence electrons. The number of anilines is 3. The highest BCUT2D eigenvalue weighted by atomic mass is 32.2.